The molecular weight excluding hydrogens is 234 g/mol. The molecular formula is C12H19N3OS. The van der Waals surface area contributed by atoms with Gasteiger partial charge in [-0.2, -0.15) is 0 Å². The largest absolute Gasteiger partial charge is 0.396 e. The topological polar surface area (TPSA) is 62.4 Å². The van der Waals surface area contributed by atoms with E-state index in [4.69, 9.17) is 23.1 Å². The van der Waals surface area contributed by atoms with Crippen molar-refractivity contribution in [1.29, 1.82) is 0 Å². The second-order valence-corrected chi connectivity index (χ2v) is 4.38. The highest BCUT2D eigenvalue weighted by Gasteiger charge is 2.09. The monoisotopic (exact) mass is 253 g/mol. The zero-order valence-electron chi connectivity index (χ0n) is 10.1. The minimum atomic E-state index is 0.259. The van der Waals surface area contributed by atoms with Crippen LogP contribution in [0.15, 0.2) is 18.3 Å². The number of unbranched alkanes of at least 4 members (excludes halogenated alkanes) is 2. The number of aliphatic hydroxyl groups excluding tert-OH is 1. The number of aliphatic hydroxyl groups is 1. The lowest BCUT2D eigenvalue weighted by molar-refractivity contribution is 0.283. The van der Waals surface area contributed by atoms with Crippen LogP contribution in [-0.4, -0.2) is 35.3 Å². The second-order valence-electron chi connectivity index (χ2n) is 3.94. The molecule has 0 unspecified atom stereocenters. The molecule has 0 aliphatic carbocycles. The Morgan fingerprint density at radius 2 is 2.24 bits per heavy atom. The number of anilines is 1. The Hall–Kier alpha value is -1.20. The molecule has 17 heavy (non-hydrogen) atoms. The molecule has 0 amide bonds. The highest BCUT2D eigenvalue weighted by Crippen LogP contribution is 2.17. The first kappa shape index (κ1) is 13.9. The fourth-order valence-electron chi connectivity index (χ4n) is 1.65. The quantitative estimate of drug-likeness (QED) is 0.567. The van der Waals surface area contributed by atoms with Crippen molar-refractivity contribution in [3.63, 3.8) is 0 Å². The van der Waals surface area contributed by atoms with Crippen molar-refractivity contribution in [3.8, 4) is 0 Å². The van der Waals surface area contributed by atoms with Crippen LogP contribution in [0.2, 0.25) is 0 Å². The van der Waals surface area contributed by atoms with Crippen molar-refractivity contribution in [2.75, 3.05) is 25.1 Å². The lowest BCUT2D eigenvalue weighted by atomic mass is 10.2. The van der Waals surface area contributed by atoms with Crippen LogP contribution in [0.3, 0.4) is 0 Å². The lowest BCUT2D eigenvalue weighted by Gasteiger charge is -2.21. The van der Waals surface area contributed by atoms with Crippen LogP contribution in [0.5, 0.6) is 0 Å². The van der Waals surface area contributed by atoms with Gasteiger partial charge in [0, 0.05) is 26.4 Å². The van der Waals surface area contributed by atoms with Crippen LogP contribution in [0, 0.1) is 0 Å². The average molecular weight is 253 g/mol. The summed E-state index contributed by atoms with van der Waals surface area (Å²) in [7, 11) is 2.00. The van der Waals surface area contributed by atoms with Gasteiger partial charge in [0.05, 0.1) is 5.69 Å². The number of thiocarbonyl (C=S) groups is 1. The third-order valence-corrected chi connectivity index (χ3v) is 2.78. The fraction of sp³-hybridized carbons (Fsp3) is 0.500. The van der Waals surface area contributed by atoms with Gasteiger partial charge >= 0.3 is 0 Å². The van der Waals surface area contributed by atoms with Crippen molar-refractivity contribution in [3.05, 3.63) is 24.0 Å². The van der Waals surface area contributed by atoms with E-state index in [1.165, 1.54) is 0 Å². The first-order valence-corrected chi connectivity index (χ1v) is 6.14. The minimum Gasteiger partial charge on any atom is -0.396 e. The summed E-state index contributed by atoms with van der Waals surface area (Å²) in [5.74, 6) is 0. The normalized spacial score (nSPS) is 10.2. The van der Waals surface area contributed by atoms with Gasteiger partial charge < -0.3 is 15.7 Å². The lowest BCUT2D eigenvalue weighted by Crippen LogP contribution is -2.23. The van der Waals surface area contributed by atoms with Crippen LogP contribution >= 0.6 is 12.2 Å². The maximum absolute atomic E-state index is 8.71. The van der Waals surface area contributed by atoms with Crippen molar-refractivity contribution >= 4 is 22.9 Å². The number of pyridine rings is 1. The molecule has 0 radical (unpaired) electrons. The van der Waals surface area contributed by atoms with Crippen LogP contribution in [0.4, 0.5) is 5.69 Å². The highest BCUT2D eigenvalue weighted by molar-refractivity contribution is 7.80. The summed E-state index contributed by atoms with van der Waals surface area (Å²) in [5.41, 5.74) is 7.27. The molecule has 1 rings (SSSR count). The zero-order valence-corrected chi connectivity index (χ0v) is 10.9. The van der Waals surface area contributed by atoms with Gasteiger partial charge in [-0.1, -0.05) is 12.2 Å². The van der Waals surface area contributed by atoms with Gasteiger partial charge in [0.25, 0.3) is 0 Å². The summed E-state index contributed by atoms with van der Waals surface area (Å²) in [6, 6.07) is 3.84. The summed E-state index contributed by atoms with van der Waals surface area (Å²) in [4.78, 5) is 6.61. The number of rotatable bonds is 7. The highest BCUT2D eigenvalue weighted by atomic mass is 32.1. The number of hydrogen-bond donors (Lipinski definition) is 2. The van der Waals surface area contributed by atoms with E-state index in [-0.39, 0.29) is 6.61 Å². The molecule has 0 aromatic carbocycles. The molecule has 0 saturated carbocycles. The molecule has 0 fully saturated rings. The summed E-state index contributed by atoms with van der Waals surface area (Å²) in [6.45, 7) is 1.16. The molecule has 3 N–H and O–H groups in total. The van der Waals surface area contributed by atoms with E-state index in [9.17, 15) is 0 Å². The van der Waals surface area contributed by atoms with E-state index in [1.54, 1.807) is 6.20 Å². The van der Waals surface area contributed by atoms with Gasteiger partial charge in [0.1, 0.15) is 10.7 Å². The maximum Gasteiger partial charge on any atom is 0.124 e. The smallest absolute Gasteiger partial charge is 0.124 e. The molecule has 1 aromatic heterocycles. The van der Waals surface area contributed by atoms with Crippen molar-refractivity contribution in [2.24, 2.45) is 5.73 Å². The number of nitrogens with two attached hydrogens (primary N) is 1. The Labute approximate surface area is 107 Å². The third kappa shape index (κ3) is 4.28. The van der Waals surface area contributed by atoms with Gasteiger partial charge in [-0.15, -0.1) is 0 Å². The van der Waals surface area contributed by atoms with Gasteiger partial charge in [0.15, 0.2) is 0 Å². The molecule has 4 nitrogen and oxygen atoms in total. The van der Waals surface area contributed by atoms with E-state index in [1.807, 2.05) is 19.2 Å². The standard InChI is InChI=1S/C12H19N3OS/c1-15(8-3-2-4-9-16)10-6-5-7-14-11(10)12(13)17/h5-7,16H,2-4,8-9H2,1H3,(H2,13,17). The summed E-state index contributed by atoms with van der Waals surface area (Å²) >= 11 is 4.98. The number of nitrogens with zero attached hydrogens (tertiary/aromatic N) is 2. The van der Waals surface area contributed by atoms with E-state index in [2.05, 4.69) is 9.88 Å². The molecule has 0 bridgehead atoms. The first-order valence-electron chi connectivity index (χ1n) is 5.73. The molecule has 5 heteroatoms. The van der Waals surface area contributed by atoms with Crippen LogP contribution < -0.4 is 10.6 Å². The van der Waals surface area contributed by atoms with Gasteiger partial charge in [0.2, 0.25) is 0 Å². The van der Waals surface area contributed by atoms with Crippen LogP contribution in [0.25, 0.3) is 0 Å². The van der Waals surface area contributed by atoms with Crippen molar-refractivity contribution in [2.45, 2.75) is 19.3 Å². The molecule has 0 aliphatic heterocycles. The van der Waals surface area contributed by atoms with E-state index in [0.29, 0.717) is 10.7 Å². The molecule has 0 aliphatic rings. The van der Waals surface area contributed by atoms with Gasteiger partial charge in [-0.25, -0.2) is 0 Å². The maximum atomic E-state index is 8.71. The summed E-state index contributed by atoms with van der Waals surface area (Å²) < 4.78 is 0. The Morgan fingerprint density at radius 3 is 2.88 bits per heavy atom. The number of hydrogen-bond acceptors (Lipinski definition) is 4. The Bertz CT molecular complexity index is 371. The molecule has 1 aromatic rings. The minimum absolute atomic E-state index is 0.259. The first-order chi connectivity index (χ1) is 8.16. The Balaban J connectivity index is 2.62. The molecule has 0 spiro atoms. The fourth-order valence-corrected chi connectivity index (χ4v) is 1.81. The van der Waals surface area contributed by atoms with Crippen LogP contribution in [0.1, 0.15) is 25.0 Å². The van der Waals surface area contributed by atoms with Crippen LogP contribution in [-0.2, 0) is 0 Å². The molecule has 94 valence electrons. The van der Waals surface area contributed by atoms with Gasteiger partial charge in [-0.05, 0) is 31.4 Å². The second kappa shape index (κ2) is 7.19. The number of aromatic nitrogens is 1. The zero-order chi connectivity index (χ0) is 12.7. The van der Waals surface area contributed by atoms with Crippen molar-refractivity contribution in [1.82, 2.24) is 4.98 Å². The average Bonchev–Trinajstić information content (AvgIpc) is 2.34. The van der Waals surface area contributed by atoms with E-state index < -0.39 is 0 Å². The SMILES string of the molecule is CN(CCCCCO)c1cccnc1C(N)=S. The predicted octanol–water partition coefficient (Wildman–Crippen LogP) is 1.31. The predicted molar refractivity (Wildman–Crippen MR) is 74.3 cm³/mol. The van der Waals surface area contributed by atoms with E-state index >= 15 is 0 Å². The Kier molecular flexibility index (Phi) is 5.86. The molecule has 0 atom stereocenters. The van der Waals surface area contributed by atoms with E-state index in [0.717, 1.165) is 31.5 Å². The molecule has 0 saturated heterocycles. The summed E-state index contributed by atoms with van der Waals surface area (Å²) in [6.07, 6.45) is 4.59. The molecule has 1 heterocycles. The summed E-state index contributed by atoms with van der Waals surface area (Å²) in [5, 5.41) is 8.71. The van der Waals surface area contributed by atoms with Gasteiger partial charge in [-0.3, -0.25) is 4.98 Å². The van der Waals surface area contributed by atoms with Crippen molar-refractivity contribution < 1.29 is 5.11 Å². The Morgan fingerprint density at radius 1 is 1.47 bits per heavy atom. The third-order valence-electron chi connectivity index (χ3n) is 2.58.